The maximum Gasteiger partial charge on any atom is 0.358 e. The van der Waals surface area contributed by atoms with Crippen LogP contribution in [-0.4, -0.2) is 9.79 Å². The fraction of sp³-hybridized carbons (Fsp3) is 0.143. The van der Waals surface area contributed by atoms with Crippen LogP contribution in [0.4, 0.5) is 0 Å². The van der Waals surface area contributed by atoms with Gasteiger partial charge in [-0.15, -0.1) is 0 Å². The molecule has 2 rings (SSSR count). The Morgan fingerprint density at radius 2 is 1.47 bits per heavy atom. The van der Waals surface area contributed by atoms with E-state index in [0.717, 1.165) is 5.56 Å². The molecule has 19 heavy (non-hydrogen) atoms. The van der Waals surface area contributed by atoms with Crippen molar-refractivity contribution in [1.29, 1.82) is 0 Å². The summed E-state index contributed by atoms with van der Waals surface area (Å²) >= 11 is 0. The van der Waals surface area contributed by atoms with Crippen molar-refractivity contribution in [3.05, 3.63) is 71.8 Å². The normalized spacial score (nSPS) is 13.2. The van der Waals surface area contributed by atoms with Gasteiger partial charge in [-0.2, -0.15) is 0 Å². The Balaban J connectivity index is 2.14. The van der Waals surface area contributed by atoms with Gasteiger partial charge >= 0.3 is 7.60 Å². The standard InChI is InChI=1S/C14H15O4P/c15-19(16,17)14(13-9-5-2-6-10-13)18-11-12-7-3-1-4-8-12/h1-10,14H,11H2,(H2,15,16,17). The first-order valence-electron chi connectivity index (χ1n) is 5.83. The van der Waals surface area contributed by atoms with Crippen molar-refractivity contribution in [2.24, 2.45) is 0 Å². The van der Waals surface area contributed by atoms with E-state index in [1.54, 1.807) is 30.3 Å². The minimum atomic E-state index is -4.36. The maximum absolute atomic E-state index is 11.5. The second-order valence-electron chi connectivity index (χ2n) is 4.15. The van der Waals surface area contributed by atoms with E-state index >= 15 is 0 Å². The largest absolute Gasteiger partial charge is 0.358 e. The van der Waals surface area contributed by atoms with Gasteiger partial charge in [0.15, 0.2) is 5.85 Å². The zero-order valence-electron chi connectivity index (χ0n) is 10.2. The first-order valence-corrected chi connectivity index (χ1v) is 7.51. The highest BCUT2D eigenvalue weighted by atomic mass is 31.2. The Kier molecular flexibility index (Phi) is 4.51. The predicted octanol–water partition coefficient (Wildman–Crippen LogP) is 3.08. The molecule has 100 valence electrons. The molecular formula is C14H15O4P. The highest BCUT2D eigenvalue weighted by Crippen LogP contribution is 2.52. The van der Waals surface area contributed by atoms with Crippen molar-refractivity contribution in [3.8, 4) is 0 Å². The van der Waals surface area contributed by atoms with Crippen LogP contribution in [-0.2, 0) is 15.9 Å². The van der Waals surface area contributed by atoms with Gasteiger partial charge in [0.1, 0.15) is 0 Å². The van der Waals surface area contributed by atoms with Crippen molar-refractivity contribution in [1.82, 2.24) is 0 Å². The number of ether oxygens (including phenoxy) is 1. The maximum atomic E-state index is 11.5. The van der Waals surface area contributed by atoms with E-state index in [4.69, 9.17) is 4.74 Å². The summed E-state index contributed by atoms with van der Waals surface area (Å²) in [5, 5.41) is 0. The lowest BCUT2D eigenvalue weighted by Crippen LogP contribution is -2.05. The van der Waals surface area contributed by atoms with Crippen LogP contribution in [0.25, 0.3) is 0 Å². The SMILES string of the molecule is O=P(O)(O)C(OCc1ccccc1)c1ccccc1. The summed E-state index contributed by atoms with van der Waals surface area (Å²) in [6, 6.07) is 17.8. The van der Waals surface area contributed by atoms with Gasteiger partial charge in [0, 0.05) is 0 Å². The molecule has 2 aromatic carbocycles. The smallest absolute Gasteiger partial charge is 0.356 e. The average Bonchev–Trinajstić information content (AvgIpc) is 2.40. The Morgan fingerprint density at radius 1 is 0.947 bits per heavy atom. The van der Waals surface area contributed by atoms with Gasteiger partial charge in [0.2, 0.25) is 0 Å². The molecule has 0 radical (unpaired) electrons. The zero-order chi connectivity index (χ0) is 13.7. The minimum Gasteiger partial charge on any atom is -0.356 e. The van der Waals surface area contributed by atoms with E-state index in [0.29, 0.717) is 5.56 Å². The first-order chi connectivity index (χ1) is 9.07. The molecule has 0 aliphatic carbocycles. The van der Waals surface area contributed by atoms with Crippen molar-refractivity contribution in [2.75, 3.05) is 0 Å². The molecular weight excluding hydrogens is 263 g/mol. The Morgan fingerprint density at radius 3 is 2.00 bits per heavy atom. The van der Waals surface area contributed by atoms with Gasteiger partial charge in [-0.1, -0.05) is 60.7 Å². The van der Waals surface area contributed by atoms with E-state index in [1.807, 2.05) is 30.3 Å². The zero-order valence-corrected chi connectivity index (χ0v) is 11.1. The van der Waals surface area contributed by atoms with Crippen LogP contribution in [0.1, 0.15) is 17.0 Å². The van der Waals surface area contributed by atoms with Crippen molar-refractivity contribution in [2.45, 2.75) is 12.5 Å². The third-order valence-corrected chi connectivity index (χ3v) is 3.70. The highest BCUT2D eigenvalue weighted by molar-refractivity contribution is 7.52. The second kappa shape index (κ2) is 6.13. The predicted molar refractivity (Wildman–Crippen MR) is 72.5 cm³/mol. The summed E-state index contributed by atoms with van der Waals surface area (Å²) in [4.78, 5) is 18.8. The molecule has 2 aromatic rings. The number of benzene rings is 2. The lowest BCUT2D eigenvalue weighted by Gasteiger charge is -2.19. The number of hydrogen-bond donors (Lipinski definition) is 2. The minimum absolute atomic E-state index is 0.158. The van der Waals surface area contributed by atoms with E-state index in [9.17, 15) is 14.4 Å². The van der Waals surface area contributed by atoms with Gasteiger partial charge in [-0.25, -0.2) is 0 Å². The Labute approximate surface area is 111 Å². The van der Waals surface area contributed by atoms with Crippen LogP contribution in [0.3, 0.4) is 0 Å². The monoisotopic (exact) mass is 278 g/mol. The molecule has 1 unspecified atom stereocenters. The van der Waals surface area contributed by atoms with Crippen LogP contribution < -0.4 is 0 Å². The topological polar surface area (TPSA) is 66.8 Å². The summed E-state index contributed by atoms with van der Waals surface area (Å²) < 4.78 is 16.9. The van der Waals surface area contributed by atoms with Gasteiger partial charge in [0.05, 0.1) is 6.61 Å². The molecule has 0 aliphatic heterocycles. The summed E-state index contributed by atoms with van der Waals surface area (Å²) in [6.45, 7) is 0.158. The van der Waals surface area contributed by atoms with Crippen molar-refractivity contribution >= 4 is 7.60 Å². The summed E-state index contributed by atoms with van der Waals surface area (Å²) in [5.41, 5.74) is 1.35. The third kappa shape index (κ3) is 4.01. The van der Waals surface area contributed by atoms with E-state index in [-0.39, 0.29) is 6.61 Å². The molecule has 0 bridgehead atoms. The molecule has 5 heteroatoms. The van der Waals surface area contributed by atoms with E-state index < -0.39 is 13.4 Å². The van der Waals surface area contributed by atoms with Crippen LogP contribution in [0, 0.1) is 0 Å². The van der Waals surface area contributed by atoms with Crippen LogP contribution in [0.15, 0.2) is 60.7 Å². The Hall–Kier alpha value is -1.45. The molecule has 0 saturated carbocycles. The third-order valence-electron chi connectivity index (χ3n) is 2.64. The number of rotatable bonds is 5. The molecule has 2 N–H and O–H groups in total. The summed E-state index contributed by atoms with van der Waals surface area (Å²) in [7, 11) is -4.36. The lowest BCUT2D eigenvalue weighted by molar-refractivity contribution is 0.0732. The fourth-order valence-corrected chi connectivity index (χ4v) is 2.58. The highest BCUT2D eigenvalue weighted by Gasteiger charge is 2.31. The quantitative estimate of drug-likeness (QED) is 0.825. The van der Waals surface area contributed by atoms with Gasteiger partial charge in [-0.05, 0) is 11.1 Å². The molecule has 0 spiro atoms. The Bertz CT molecular complexity index is 550. The average molecular weight is 278 g/mol. The van der Waals surface area contributed by atoms with Crippen LogP contribution in [0.2, 0.25) is 0 Å². The molecule has 0 heterocycles. The van der Waals surface area contributed by atoms with Crippen LogP contribution >= 0.6 is 7.60 Å². The fourth-order valence-electron chi connectivity index (χ4n) is 1.75. The van der Waals surface area contributed by atoms with Gasteiger partial charge < -0.3 is 14.5 Å². The first kappa shape index (κ1) is 14.0. The van der Waals surface area contributed by atoms with Crippen molar-refractivity contribution < 1.29 is 19.1 Å². The molecule has 4 nitrogen and oxygen atoms in total. The molecule has 0 saturated heterocycles. The van der Waals surface area contributed by atoms with E-state index in [2.05, 4.69) is 0 Å². The van der Waals surface area contributed by atoms with Gasteiger partial charge in [-0.3, -0.25) is 4.57 Å². The molecule has 1 atom stereocenters. The lowest BCUT2D eigenvalue weighted by atomic mass is 10.2. The van der Waals surface area contributed by atoms with Crippen LogP contribution in [0.5, 0.6) is 0 Å². The van der Waals surface area contributed by atoms with Crippen molar-refractivity contribution in [3.63, 3.8) is 0 Å². The molecule has 0 fully saturated rings. The second-order valence-corrected chi connectivity index (χ2v) is 5.80. The van der Waals surface area contributed by atoms with Gasteiger partial charge in [0.25, 0.3) is 0 Å². The number of hydrogen-bond acceptors (Lipinski definition) is 2. The molecule has 0 aromatic heterocycles. The van der Waals surface area contributed by atoms with E-state index in [1.165, 1.54) is 0 Å². The summed E-state index contributed by atoms with van der Waals surface area (Å²) in [5.74, 6) is -1.23. The molecule has 0 aliphatic rings. The molecule has 0 amide bonds. The summed E-state index contributed by atoms with van der Waals surface area (Å²) in [6.07, 6.45) is 0.